The molecule has 1 aromatic heterocycles. The quantitative estimate of drug-likeness (QED) is 0.901. The molecule has 2 amide bonds. The minimum atomic E-state index is -0.111. The van der Waals surface area contributed by atoms with Crippen LogP contribution in [0.25, 0.3) is 0 Å². The van der Waals surface area contributed by atoms with Gasteiger partial charge in [0.1, 0.15) is 0 Å². The third kappa shape index (κ3) is 4.32. The largest absolute Gasteiger partial charge is 0.459 e. The molecule has 6 nitrogen and oxygen atoms in total. The first kappa shape index (κ1) is 15.6. The molecule has 0 bridgehead atoms. The van der Waals surface area contributed by atoms with Gasteiger partial charge in [-0.3, -0.25) is 9.59 Å². The summed E-state index contributed by atoms with van der Waals surface area (Å²) in [6.07, 6.45) is 1.49. The molecular weight excluding hydrogens is 270 g/mol. The highest BCUT2D eigenvalue weighted by molar-refractivity contribution is 5.91. The summed E-state index contributed by atoms with van der Waals surface area (Å²) in [6, 6.07) is 3.36. The second-order valence-electron chi connectivity index (χ2n) is 6.25. The van der Waals surface area contributed by atoms with Crippen LogP contribution in [-0.2, 0) is 4.79 Å². The number of nitrogens with zero attached hydrogens (tertiary/aromatic N) is 2. The van der Waals surface area contributed by atoms with E-state index in [9.17, 15) is 9.59 Å². The second-order valence-corrected chi connectivity index (χ2v) is 6.25. The van der Waals surface area contributed by atoms with Crippen LogP contribution in [0.15, 0.2) is 22.8 Å². The lowest BCUT2D eigenvalue weighted by molar-refractivity contribution is -0.132. The van der Waals surface area contributed by atoms with Gasteiger partial charge in [-0.15, -0.1) is 0 Å². The maximum atomic E-state index is 12.1. The highest BCUT2D eigenvalue weighted by atomic mass is 16.3. The Labute approximate surface area is 125 Å². The average Bonchev–Trinajstić information content (AvgIpc) is 2.97. The molecule has 0 radical (unpaired) electrons. The summed E-state index contributed by atoms with van der Waals surface area (Å²) < 4.78 is 5.12. The van der Waals surface area contributed by atoms with Crippen LogP contribution in [-0.4, -0.2) is 59.9 Å². The zero-order valence-electron chi connectivity index (χ0n) is 12.9. The normalized spacial score (nSPS) is 16.1. The van der Waals surface area contributed by atoms with Gasteiger partial charge in [0.25, 0.3) is 5.91 Å². The molecule has 2 heterocycles. The van der Waals surface area contributed by atoms with Crippen molar-refractivity contribution in [2.75, 3.05) is 32.7 Å². The lowest BCUT2D eigenvalue weighted by Crippen LogP contribution is -2.53. The fourth-order valence-electron chi connectivity index (χ4n) is 2.17. The molecule has 1 aliphatic heterocycles. The van der Waals surface area contributed by atoms with Crippen molar-refractivity contribution >= 4 is 11.8 Å². The summed E-state index contributed by atoms with van der Waals surface area (Å²) in [5.74, 6) is 0.319. The molecule has 1 saturated heterocycles. The number of hydrogen-bond acceptors (Lipinski definition) is 4. The zero-order valence-corrected chi connectivity index (χ0v) is 12.9. The minimum absolute atomic E-state index is 0.0767. The minimum Gasteiger partial charge on any atom is -0.459 e. The highest BCUT2D eigenvalue weighted by Crippen LogP contribution is 2.09. The van der Waals surface area contributed by atoms with Gasteiger partial charge in [0.15, 0.2) is 5.76 Å². The smallest absolute Gasteiger partial charge is 0.289 e. The average molecular weight is 293 g/mol. The van der Waals surface area contributed by atoms with Crippen LogP contribution in [0, 0.1) is 0 Å². The van der Waals surface area contributed by atoms with Gasteiger partial charge < -0.3 is 19.5 Å². The van der Waals surface area contributed by atoms with Crippen LogP contribution in [0.3, 0.4) is 0 Å². The molecule has 1 aliphatic rings. The standard InChI is InChI=1S/C15H23N3O3/c1-15(2,3)16-11-13(19)17-6-8-18(9-7-17)14(20)12-5-4-10-21-12/h4-5,10,16H,6-9,11H2,1-3H3. The molecule has 116 valence electrons. The molecule has 0 unspecified atom stereocenters. The number of carbonyl (C=O) groups is 2. The van der Waals surface area contributed by atoms with Crippen molar-refractivity contribution in [3.05, 3.63) is 24.2 Å². The van der Waals surface area contributed by atoms with Crippen LogP contribution in [0.5, 0.6) is 0 Å². The van der Waals surface area contributed by atoms with E-state index in [0.29, 0.717) is 38.5 Å². The number of nitrogens with one attached hydrogen (secondary N) is 1. The molecule has 2 rings (SSSR count). The van der Waals surface area contributed by atoms with E-state index < -0.39 is 0 Å². The van der Waals surface area contributed by atoms with Gasteiger partial charge in [-0.2, -0.15) is 0 Å². The Morgan fingerprint density at radius 2 is 1.81 bits per heavy atom. The summed E-state index contributed by atoms with van der Waals surface area (Å²) >= 11 is 0. The van der Waals surface area contributed by atoms with Crippen molar-refractivity contribution in [2.24, 2.45) is 0 Å². The van der Waals surface area contributed by atoms with E-state index in [1.54, 1.807) is 21.9 Å². The van der Waals surface area contributed by atoms with Gasteiger partial charge in [-0.25, -0.2) is 0 Å². The fourth-order valence-corrected chi connectivity index (χ4v) is 2.17. The number of amides is 2. The Morgan fingerprint density at radius 3 is 2.33 bits per heavy atom. The molecule has 21 heavy (non-hydrogen) atoms. The molecule has 0 aromatic carbocycles. The monoisotopic (exact) mass is 293 g/mol. The Bertz CT molecular complexity index is 483. The number of rotatable bonds is 3. The maximum absolute atomic E-state index is 12.1. The maximum Gasteiger partial charge on any atom is 0.289 e. The first-order valence-corrected chi connectivity index (χ1v) is 7.22. The Morgan fingerprint density at radius 1 is 1.19 bits per heavy atom. The van der Waals surface area contributed by atoms with Gasteiger partial charge >= 0.3 is 0 Å². The predicted octanol–water partition coefficient (Wildman–Crippen LogP) is 0.952. The first-order chi connectivity index (χ1) is 9.87. The van der Waals surface area contributed by atoms with E-state index >= 15 is 0 Å². The molecule has 6 heteroatoms. The fraction of sp³-hybridized carbons (Fsp3) is 0.600. The van der Waals surface area contributed by atoms with E-state index in [1.165, 1.54) is 6.26 Å². The van der Waals surface area contributed by atoms with E-state index in [0.717, 1.165) is 0 Å². The topological polar surface area (TPSA) is 65.8 Å². The third-order valence-corrected chi connectivity index (χ3v) is 3.42. The van der Waals surface area contributed by atoms with Crippen molar-refractivity contribution in [1.29, 1.82) is 0 Å². The second kappa shape index (κ2) is 6.30. The molecule has 1 N–H and O–H groups in total. The lowest BCUT2D eigenvalue weighted by Gasteiger charge is -2.35. The van der Waals surface area contributed by atoms with E-state index in [1.807, 2.05) is 20.8 Å². The molecule has 0 aliphatic carbocycles. The van der Waals surface area contributed by atoms with Gasteiger partial charge in [0, 0.05) is 31.7 Å². The number of piperazine rings is 1. The van der Waals surface area contributed by atoms with Crippen LogP contribution in [0.4, 0.5) is 0 Å². The first-order valence-electron chi connectivity index (χ1n) is 7.22. The van der Waals surface area contributed by atoms with Crippen molar-refractivity contribution in [2.45, 2.75) is 26.3 Å². The van der Waals surface area contributed by atoms with Gasteiger partial charge in [0.05, 0.1) is 12.8 Å². The van der Waals surface area contributed by atoms with Crippen LogP contribution >= 0.6 is 0 Å². The molecule has 0 atom stereocenters. The van der Waals surface area contributed by atoms with E-state index in [-0.39, 0.29) is 17.4 Å². The third-order valence-electron chi connectivity index (χ3n) is 3.42. The molecule has 0 spiro atoms. The summed E-state index contributed by atoms with van der Waals surface area (Å²) in [4.78, 5) is 27.7. The summed E-state index contributed by atoms with van der Waals surface area (Å²) in [7, 11) is 0. The van der Waals surface area contributed by atoms with Crippen molar-refractivity contribution < 1.29 is 14.0 Å². The van der Waals surface area contributed by atoms with Crippen LogP contribution < -0.4 is 5.32 Å². The predicted molar refractivity (Wildman–Crippen MR) is 78.9 cm³/mol. The van der Waals surface area contributed by atoms with Gasteiger partial charge in [-0.1, -0.05) is 0 Å². The van der Waals surface area contributed by atoms with E-state index in [4.69, 9.17) is 4.42 Å². The summed E-state index contributed by atoms with van der Waals surface area (Å²) in [6.45, 7) is 8.63. The SMILES string of the molecule is CC(C)(C)NCC(=O)N1CCN(C(=O)c2ccco2)CC1. The van der Waals surface area contributed by atoms with Crippen molar-refractivity contribution in [3.63, 3.8) is 0 Å². The zero-order chi connectivity index (χ0) is 15.5. The van der Waals surface area contributed by atoms with Gasteiger partial charge in [0.2, 0.25) is 5.91 Å². The van der Waals surface area contributed by atoms with E-state index in [2.05, 4.69) is 5.32 Å². The number of hydrogen-bond donors (Lipinski definition) is 1. The number of carbonyl (C=O) groups excluding carboxylic acids is 2. The highest BCUT2D eigenvalue weighted by Gasteiger charge is 2.26. The molecular formula is C15H23N3O3. The van der Waals surface area contributed by atoms with Crippen molar-refractivity contribution in [1.82, 2.24) is 15.1 Å². The molecule has 1 aromatic rings. The number of furan rings is 1. The summed E-state index contributed by atoms with van der Waals surface area (Å²) in [5, 5.41) is 3.19. The summed E-state index contributed by atoms with van der Waals surface area (Å²) in [5.41, 5.74) is -0.0767. The Hall–Kier alpha value is -1.82. The molecule has 1 fully saturated rings. The van der Waals surface area contributed by atoms with Crippen molar-refractivity contribution in [3.8, 4) is 0 Å². The Kier molecular flexibility index (Phi) is 4.67. The van der Waals surface area contributed by atoms with Gasteiger partial charge in [-0.05, 0) is 32.9 Å². The van der Waals surface area contributed by atoms with Crippen LogP contribution in [0.2, 0.25) is 0 Å². The lowest BCUT2D eigenvalue weighted by atomic mass is 10.1. The molecule has 0 saturated carbocycles. The van der Waals surface area contributed by atoms with Crippen LogP contribution in [0.1, 0.15) is 31.3 Å². The Balaban J connectivity index is 1.80.